The van der Waals surface area contributed by atoms with Crippen LogP contribution < -0.4 is 21.3 Å². The van der Waals surface area contributed by atoms with Gasteiger partial charge < -0.3 is 21.3 Å². The molecule has 4 amide bonds. The standard InChI is InChI=1S/C30H44N6O4S2/c1-41-21-13-25(35-27(37)23-9-17-31-18-10-23)29(39)33-15-7-5-3-4-6-8-16-34-30(40)26(14-22-42-2)36-28(38)24-11-19-32-20-12-24/h9-12,17-20,25-26H,3-8,13-16,21-22H2,1-2H3,(H,33,39)(H,34,40)(H,35,37)(H,36,38)/t25-,26-/m0/s1. The highest BCUT2D eigenvalue weighted by Gasteiger charge is 2.22. The van der Waals surface area contributed by atoms with Crippen LogP contribution in [0.2, 0.25) is 0 Å². The number of hydrogen-bond acceptors (Lipinski definition) is 8. The van der Waals surface area contributed by atoms with E-state index in [1.807, 2.05) is 12.5 Å². The molecule has 0 radical (unpaired) electrons. The normalized spacial score (nSPS) is 12.1. The fourth-order valence-electron chi connectivity index (χ4n) is 4.13. The van der Waals surface area contributed by atoms with Gasteiger partial charge in [-0.3, -0.25) is 29.1 Å². The number of unbranched alkanes of at least 4 members (excludes halogenated alkanes) is 5. The van der Waals surface area contributed by atoms with E-state index in [2.05, 4.69) is 31.2 Å². The van der Waals surface area contributed by atoms with Crippen LogP contribution in [0.25, 0.3) is 0 Å². The van der Waals surface area contributed by atoms with Crippen LogP contribution in [0.15, 0.2) is 49.1 Å². The quantitative estimate of drug-likeness (QED) is 0.156. The topological polar surface area (TPSA) is 142 Å². The third-order valence-electron chi connectivity index (χ3n) is 6.55. The lowest BCUT2D eigenvalue weighted by molar-refractivity contribution is -0.123. The summed E-state index contributed by atoms with van der Waals surface area (Å²) in [5.41, 5.74) is 0.962. The first-order chi connectivity index (χ1) is 20.5. The fraction of sp³-hybridized carbons (Fsp3) is 0.533. The maximum atomic E-state index is 12.7. The van der Waals surface area contributed by atoms with Gasteiger partial charge in [0.05, 0.1) is 0 Å². The Kier molecular flexibility index (Phi) is 18.0. The van der Waals surface area contributed by atoms with Gasteiger partial charge in [-0.25, -0.2) is 0 Å². The highest BCUT2D eigenvalue weighted by molar-refractivity contribution is 7.98. The number of nitrogens with zero attached hydrogens (tertiary/aromatic N) is 2. The molecule has 0 spiro atoms. The van der Waals surface area contributed by atoms with Gasteiger partial charge in [0.15, 0.2) is 0 Å². The van der Waals surface area contributed by atoms with Crippen LogP contribution in [0.1, 0.15) is 72.1 Å². The third-order valence-corrected chi connectivity index (χ3v) is 7.84. The molecule has 12 heteroatoms. The second kappa shape index (κ2) is 21.6. The Labute approximate surface area is 257 Å². The molecule has 2 heterocycles. The Balaban J connectivity index is 1.59. The van der Waals surface area contributed by atoms with Crippen molar-refractivity contribution in [2.45, 2.75) is 63.5 Å². The zero-order valence-electron chi connectivity index (χ0n) is 24.6. The molecule has 42 heavy (non-hydrogen) atoms. The van der Waals surface area contributed by atoms with Crippen LogP contribution in [0.5, 0.6) is 0 Å². The zero-order valence-corrected chi connectivity index (χ0v) is 26.2. The molecular weight excluding hydrogens is 573 g/mol. The van der Waals surface area contributed by atoms with Crippen molar-refractivity contribution in [3.63, 3.8) is 0 Å². The molecule has 0 aromatic carbocycles. The van der Waals surface area contributed by atoms with Crippen molar-refractivity contribution in [3.05, 3.63) is 60.2 Å². The van der Waals surface area contributed by atoms with E-state index in [9.17, 15) is 19.2 Å². The first-order valence-electron chi connectivity index (χ1n) is 14.4. The van der Waals surface area contributed by atoms with Crippen molar-refractivity contribution >= 4 is 47.2 Å². The van der Waals surface area contributed by atoms with Gasteiger partial charge in [0.2, 0.25) is 11.8 Å². The molecule has 2 atom stereocenters. The van der Waals surface area contributed by atoms with Crippen molar-refractivity contribution in [1.29, 1.82) is 0 Å². The van der Waals surface area contributed by atoms with Crippen molar-refractivity contribution in [2.24, 2.45) is 0 Å². The van der Waals surface area contributed by atoms with Crippen molar-refractivity contribution in [1.82, 2.24) is 31.2 Å². The molecule has 0 saturated heterocycles. The van der Waals surface area contributed by atoms with E-state index in [4.69, 9.17) is 0 Å². The summed E-state index contributed by atoms with van der Waals surface area (Å²) in [6, 6.07) is 5.36. The second-order valence-electron chi connectivity index (χ2n) is 9.79. The average Bonchev–Trinajstić information content (AvgIpc) is 3.02. The number of nitrogens with one attached hydrogen (secondary N) is 4. The van der Waals surface area contributed by atoms with E-state index in [-0.39, 0.29) is 23.6 Å². The molecular formula is C30H44N6O4S2. The molecule has 0 fully saturated rings. The summed E-state index contributed by atoms with van der Waals surface area (Å²) in [7, 11) is 0. The third kappa shape index (κ3) is 14.2. The smallest absolute Gasteiger partial charge is 0.252 e. The van der Waals surface area contributed by atoms with E-state index >= 15 is 0 Å². The molecule has 2 aromatic rings. The number of thioether (sulfide) groups is 2. The summed E-state index contributed by atoms with van der Waals surface area (Å²) in [5.74, 6) is 0.673. The molecule has 0 saturated carbocycles. The molecule has 230 valence electrons. The highest BCUT2D eigenvalue weighted by atomic mass is 32.2. The number of aromatic nitrogens is 2. The largest absolute Gasteiger partial charge is 0.354 e. The van der Waals surface area contributed by atoms with E-state index < -0.39 is 12.1 Å². The number of carbonyl (C=O) groups excluding carboxylic acids is 4. The van der Waals surface area contributed by atoms with E-state index in [0.29, 0.717) is 37.1 Å². The second-order valence-corrected chi connectivity index (χ2v) is 11.8. The molecule has 0 aliphatic carbocycles. The Bertz CT molecular complexity index is 992. The molecule has 10 nitrogen and oxygen atoms in total. The fourth-order valence-corrected chi connectivity index (χ4v) is 5.07. The Morgan fingerprint density at radius 2 is 0.976 bits per heavy atom. The molecule has 0 aliphatic rings. The van der Waals surface area contributed by atoms with Gasteiger partial charge >= 0.3 is 0 Å². The van der Waals surface area contributed by atoms with Crippen molar-refractivity contribution in [3.8, 4) is 0 Å². The molecule has 0 unspecified atom stereocenters. The lowest BCUT2D eigenvalue weighted by atomic mass is 10.1. The van der Waals surface area contributed by atoms with Crippen LogP contribution in [0, 0.1) is 0 Å². The maximum absolute atomic E-state index is 12.7. The lowest BCUT2D eigenvalue weighted by Gasteiger charge is -2.18. The zero-order chi connectivity index (χ0) is 30.4. The number of pyridine rings is 2. The van der Waals surface area contributed by atoms with Gasteiger partial charge in [-0.05, 0) is 74.0 Å². The monoisotopic (exact) mass is 616 g/mol. The van der Waals surface area contributed by atoms with Crippen LogP contribution in [-0.2, 0) is 9.59 Å². The summed E-state index contributed by atoms with van der Waals surface area (Å²) in [4.78, 5) is 58.2. The molecule has 0 aliphatic heterocycles. The van der Waals surface area contributed by atoms with E-state index in [1.165, 1.54) is 0 Å². The van der Waals surface area contributed by atoms with Gasteiger partial charge in [0.25, 0.3) is 11.8 Å². The van der Waals surface area contributed by atoms with Gasteiger partial charge in [-0.2, -0.15) is 23.5 Å². The number of amides is 4. The van der Waals surface area contributed by atoms with Crippen LogP contribution in [-0.4, -0.2) is 82.8 Å². The van der Waals surface area contributed by atoms with Crippen LogP contribution in [0.3, 0.4) is 0 Å². The van der Waals surface area contributed by atoms with Crippen LogP contribution >= 0.6 is 23.5 Å². The summed E-state index contributed by atoms with van der Waals surface area (Å²) < 4.78 is 0. The number of rotatable bonds is 21. The Hall–Kier alpha value is -3.12. The van der Waals surface area contributed by atoms with Crippen LogP contribution in [0.4, 0.5) is 0 Å². The number of carbonyl (C=O) groups is 4. The molecule has 0 bridgehead atoms. The first kappa shape index (κ1) is 35.1. The summed E-state index contributed by atoms with van der Waals surface area (Å²) in [5, 5.41) is 11.6. The van der Waals surface area contributed by atoms with Gasteiger partial charge in [0.1, 0.15) is 12.1 Å². The average molecular weight is 617 g/mol. The minimum atomic E-state index is -0.572. The summed E-state index contributed by atoms with van der Waals surface area (Å²) in [6.07, 6.45) is 17.1. The Morgan fingerprint density at radius 3 is 1.33 bits per heavy atom. The van der Waals surface area contributed by atoms with E-state index in [0.717, 1.165) is 50.0 Å². The highest BCUT2D eigenvalue weighted by Crippen LogP contribution is 2.08. The Morgan fingerprint density at radius 1 is 0.619 bits per heavy atom. The molecule has 2 rings (SSSR count). The van der Waals surface area contributed by atoms with E-state index in [1.54, 1.807) is 72.6 Å². The molecule has 2 aromatic heterocycles. The summed E-state index contributed by atoms with van der Waals surface area (Å²) in [6.45, 7) is 1.14. The predicted octanol–water partition coefficient (Wildman–Crippen LogP) is 3.45. The minimum Gasteiger partial charge on any atom is -0.354 e. The minimum absolute atomic E-state index is 0.157. The lowest BCUT2D eigenvalue weighted by Crippen LogP contribution is -2.47. The van der Waals surface area contributed by atoms with Gasteiger partial charge in [-0.1, -0.05) is 25.7 Å². The SMILES string of the molecule is CSCC[C@H](NC(=O)c1ccncc1)C(=O)NCCCCCCCCNC(=O)[C@H](CCSC)NC(=O)c1ccncc1. The van der Waals surface area contributed by atoms with Crippen molar-refractivity contribution < 1.29 is 19.2 Å². The molecule has 4 N–H and O–H groups in total. The van der Waals surface area contributed by atoms with Gasteiger partial charge in [0, 0.05) is 49.0 Å². The predicted molar refractivity (Wildman–Crippen MR) is 171 cm³/mol. The first-order valence-corrected chi connectivity index (χ1v) is 17.2. The maximum Gasteiger partial charge on any atom is 0.252 e. The van der Waals surface area contributed by atoms with Gasteiger partial charge in [-0.15, -0.1) is 0 Å². The van der Waals surface area contributed by atoms with Crippen molar-refractivity contribution in [2.75, 3.05) is 37.1 Å². The summed E-state index contributed by atoms with van der Waals surface area (Å²) >= 11 is 3.27. The number of hydrogen-bond donors (Lipinski definition) is 4.